The molecule has 1 N–H and O–H groups in total. The summed E-state index contributed by atoms with van der Waals surface area (Å²) in [5.41, 5.74) is 0.585. The summed E-state index contributed by atoms with van der Waals surface area (Å²) in [4.78, 5) is 0. The summed E-state index contributed by atoms with van der Waals surface area (Å²) in [7, 11) is 0. The van der Waals surface area contributed by atoms with Crippen molar-refractivity contribution in [3.63, 3.8) is 0 Å². The van der Waals surface area contributed by atoms with E-state index >= 15 is 0 Å². The van der Waals surface area contributed by atoms with Crippen LogP contribution in [-0.2, 0) is 11.3 Å². The van der Waals surface area contributed by atoms with Crippen LogP contribution in [0.25, 0.3) is 0 Å². The first-order valence-electron chi connectivity index (χ1n) is 3.94. The number of benzene rings is 1. The number of halogens is 3. The summed E-state index contributed by atoms with van der Waals surface area (Å²) >= 11 is 17.6. The van der Waals surface area contributed by atoms with E-state index in [0.717, 1.165) is 0 Å². The first-order valence-corrected chi connectivity index (χ1v) is 5.08. The van der Waals surface area contributed by atoms with Crippen LogP contribution in [0, 0.1) is 0 Å². The van der Waals surface area contributed by atoms with E-state index in [9.17, 15) is 0 Å². The highest BCUT2D eigenvalue weighted by Crippen LogP contribution is 2.31. The Bertz CT molecular complexity index is 326. The molecule has 78 valence electrons. The minimum absolute atomic E-state index is 0.135. The molecule has 0 saturated carbocycles. The number of aliphatic hydroxyl groups is 1. The molecule has 14 heavy (non-hydrogen) atoms. The molecule has 2 nitrogen and oxygen atoms in total. The van der Waals surface area contributed by atoms with E-state index in [2.05, 4.69) is 0 Å². The van der Waals surface area contributed by atoms with Gasteiger partial charge in [0.05, 0.1) is 16.7 Å². The summed E-state index contributed by atoms with van der Waals surface area (Å²) in [6.07, 6.45) is -0.860. The molecule has 0 aliphatic rings. The lowest BCUT2D eigenvalue weighted by Gasteiger charge is -2.10. The van der Waals surface area contributed by atoms with Crippen molar-refractivity contribution in [2.45, 2.75) is 19.8 Å². The summed E-state index contributed by atoms with van der Waals surface area (Å²) in [5.74, 6) is 0. The normalized spacial score (nSPS) is 12.9. The van der Waals surface area contributed by atoms with Gasteiger partial charge in [-0.05, 0) is 19.1 Å². The fraction of sp³-hybridized carbons (Fsp3) is 0.333. The van der Waals surface area contributed by atoms with Gasteiger partial charge in [0.2, 0.25) is 0 Å². The van der Waals surface area contributed by atoms with Crippen molar-refractivity contribution in [2.24, 2.45) is 0 Å². The maximum Gasteiger partial charge on any atom is 0.152 e. The van der Waals surface area contributed by atoms with E-state index < -0.39 is 6.29 Å². The third-order valence-corrected chi connectivity index (χ3v) is 2.81. The lowest BCUT2D eigenvalue weighted by molar-refractivity contribution is -0.0938. The zero-order valence-electron chi connectivity index (χ0n) is 7.43. The van der Waals surface area contributed by atoms with Crippen molar-refractivity contribution in [3.8, 4) is 0 Å². The molecule has 5 heteroatoms. The van der Waals surface area contributed by atoms with Crippen molar-refractivity contribution in [1.82, 2.24) is 0 Å². The third-order valence-electron chi connectivity index (χ3n) is 1.61. The molecule has 0 heterocycles. The maximum atomic E-state index is 8.92. The van der Waals surface area contributed by atoms with Crippen molar-refractivity contribution >= 4 is 34.8 Å². The summed E-state index contributed by atoms with van der Waals surface area (Å²) < 4.78 is 4.97. The van der Waals surface area contributed by atoms with Gasteiger partial charge in [-0.25, -0.2) is 0 Å². The number of hydrogen-bond acceptors (Lipinski definition) is 2. The molecule has 0 saturated heterocycles. The minimum Gasteiger partial charge on any atom is -0.368 e. The van der Waals surface area contributed by atoms with Crippen molar-refractivity contribution in [2.75, 3.05) is 0 Å². The first-order chi connectivity index (χ1) is 6.52. The monoisotopic (exact) mass is 254 g/mol. The topological polar surface area (TPSA) is 29.5 Å². The van der Waals surface area contributed by atoms with Gasteiger partial charge >= 0.3 is 0 Å². The number of hydrogen-bond donors (Lipinski definition) is 1. The number of rotatable bonds is 3. The van der Waals surface area contributed by atoms with Crippen LogP contribution in [0.1, 0.15) is 12.5 Å². The fourth-order valence-corrected chi connectivity index (χ4v) is 1.56. The molecule has 0 aliphatic heterocycles. The van der Waals surface area contributed by atoms with E-state index in [1.54, 1.807) is 12.1 Å². The molecular formula is C9H9Cl3O2. The second-order valence-electron chi connectivity index (χ2n) is 2.73. The van der Waals surface area contributed by atoms with E-state index in [-0.39, 0.29) is 6.61 Å². The van der Waals surface area contributed by atoms with Crippen LogP contribution in [0.15, 0.2) is 12.1 Å². The Morgan fingerprint density at radius 2 is 1.86 bits per heavy atom. The van der Waals surface area contributed by atoms with Crippen molar-refractivity contribution in [3.05, 3.63) is 32.8 Å². The Morgan fingerprint density at radius 1 is 1.29 bits per heavy atom. The highest BCUT2D eigenvalue weighted by Gasteiger charge is 2.10. The summed E-state index contributed by atoms with van der Waals surface area (Å²) in [5, 5.41) is 10.2. The van der Waals surface area contributed by atoms with Crippen LogP contribution in [-0.4, -0.2) is 11.4 Å². The van der Waals surface area contributed by atoms with Gasteiger partial charge in [0, 0.05) is 10.6 Å². The van der Waals surface area contributed by atoms with Gasteiger partial charge in [-0.2, -0.15) is 0 Å². The molecule has 1 atom stereocenters. The highest BCUT2D eigenvalue weighted by molar-refractivity contribution is 6.44. The molecule has 0 spiro atoms. The SMILES string of the molecule is CC(O)OCc1c(Cl)ccc(Cl)c1Cl. The summed E-state index contributed by atoms with van der Waals surface area (Å²) in [6.45, 7) is 1.64. The molecule has 0 aliphatic carbocycles. The van der Waals surface area contributed by atoms with Gasteiger partial charge in [-0.1, -0.05) is 34.8 Å². The summed E-state index contributed by atoms with van der Waals surface area (Å²) in [6, 6.07) is 3.24. The Balaban J connectivity index is 2.89. The molecular weight excluding hydrogens is 246 g/mol. The van der Waals surface area contributed by atoms with E-state index in [1.165, 1.54) is 6.92 Å². The van der Waals surface area contributed by atoms with Crippen LogP contribution in [0.5, 0.6) is 0 Å². The average Bonchev–Trinajstić information content (AvgIpc) is 2.11. The molecule has 0 aromatic heterocycles. The Labute approximate surface area is 97.3 Å². The average molecular weight is 256 g/mol. The van der Waals surface area contributed by atoms with Crippen molar-refractivity contribution in [1.29, 1.82) is 0 Å². The minimum atomic E-state index is -0.860. The quantitative estimate of drug-likeness (QED) is 0.662. The van der Waals surface area contributed by atoms with Gasteiger partial charge in [0.1, 0.15) is 0 Å². The first kappa shape index (κ1) is 12.1. The molecule has 1 aromatic carbocycles. The zero-order valence-corrected chi connectivity index (χ0v) is 9.70. The number of ether oxygens (including phenoxy) is 1. The molecule has 0 amide bonds. The molecule has 0 bridgehead atoms. The molecule has 0 radical (unpaired) electrons. The van der Waals surface area contributed by atoms with Gasteiger partial charge in [-0.15, -0.1) is 0 Å². The predicted octanol–water partition coefficient (Wildman–Crippen LogP) is 3.50. The Kier molecular flexibility index (Phi) is 4.48. The lowest BCUT2D eigenvalue weighted by atomic mass is 10.2. The third kappa shape index (κ3) is 3.01. The van der Waals surface area contributed by atoms with Crippen LogP contribution in [0.2, 0.25) is 15.1 Å². The maximum absolute atomic E-state index is 8.92. The van der Waals surface area contributed by atoms with Crippen molar-refractivity contribution < 1.29 is 9.84 Å². The Hall–Kier alpha value is 0.01000. The predicted molar refractivity (Wildman–Crippen MR) is 57.9 cm³/mol. The molecule has 1 rings (SSSR count). The Morgan fingerprint density at radius 3 is 2.43 bits per heavy atom. The molecule has 1 unspecified atom stereocenters. The van der Waals surface area contributed by atoms with Crippen LogP contribution in [0.3, 0.4) is 0 Å². The van der Waals surface area contributed by atoms with E-state index in [0.29, 0.717) is 20.6 Å². The van der Waals surface area contributed by atoms with E-state index in [4.69, 9.17) is 44.6 Å². The van der Waals surface area contributed by atoms with Crippen LogP contribution < -0.4 is 0 Å². The molecule has 1 aromatic rings. The van der Waals surface area contributed by atoms with Gasteiger partial charge in [-0.3, -0.25) is 0 Å². The second-order valence-corrected chi connectivity index (χ2v) is 3.92. The largest absolute Gasteiger partial charge is 0.368 e. The van der Waals surface area contributed by atoms with Gasteiger partial charge < -0.3 is 9.84 Å². The van der Waals surface area contributed by atoms with Gasteiger partial charge in [0.25, 0.3) is 0 Å². The number of aliphatic hydroxyl groups excluding tert-OH is 1. The second kappa shape index (κ2) is 5.19. The van der Waals surface area contributed by atoms with E-state index in [1.807, 2.05) is 0 Å². The zero-order chi connectivity index (χ0) is 10.7. The van der Waals surface area contributed by atoms with Crippen LogP contribution in [0.4, 0.5) is 0 Å². The standard InChI is InChI=1S/C9H9Cl3O2/c1-5(13)14-4-6-7(10)2-3-8(11)9(6)12/h2-3,5,13H,4H2,1H3. The lowest BCUT2D eigenvalue weighted by Crippen LogP contribution is -2.06. The van der Waals surface area contributed by atoms with Crippen LogP contribution >= 0.6 is 34.8 Å². The van der Waals surface area contributed by atoms with Gasteiger partial charge in [0.15, 0.2) is 6.29 Å². The fourth-order valence-electron chi connectivity index (χ4n) is 0.905. The molecule has 0 fully saturated rings. The smallest absolute Gasteiger partial charge is 0.152 e. The highest BCUT2D eigenvalue weighted by atomic mass is 35.5.